The Bertz CT molecular complexity index is 579. The van der Waals surface area contributed by atoms with Crippen LogP contribution in [-0.2, 0) is 0 Å². The fourth-order valence-electron chi connectivity index (χ4n) is 1.89. The molecule has 2 N–H and O–H groups in total. The van der Waals surface area contributed by atoms with E-state index >= 15 is 0 Å². The molecule has 0 aliphatic carbocycles. The molecule has 0 heterocycles. The number of ether oxygens (including phenoxy) is 1. The van der Waals surface area contributed by atoms with Crippen molar-refractivity contribution in [1.82, 2.24) is 0 Å². The minimum Gasteiger partial charge on any atom is -0.489 e. The minimum atomic E-state index is -0.109. The van der Waals surface area contributed by atoms with Gasteiger partial charge in [0.25, 0.3) is 0 Å². The van der Waals surface area contributed by atoms with E-state index in [4.69, 9.17) is 22.1 Å². The largest absolute Gasteiger partial charge is 0.489 e. The van der Waals surface area contributed by atoms with E-state index in [9.17, 15) is 0 Å². The van der Waals surface area contributed by atoms with Gasteiger partial charge in [0.1, 0.15) is 12.4 Å². The Kier molecular flexibility index (Phi) is 5.22. The van der Waals surface area contributed by atoms with E-state index in [0.717, 1.165) is 16.9 Å². The summed E-state index contributed by atoms with van der Waals surface area (Å²) >= 11 is 5.98. The molecular weight excluding hydrogens is 270 g/mol. The lowest BCUT2D eigenvalue weighted by Gasteiger charge is -2.13. The molecule has 0 saturated heterocycles. The van der Waals surface area contributed by atoms with Crippen molar-refractivity contribution >= 4 is 17.7 Å². The number of hydrogen-bond donors (Lipinski definition) is 1. The summed E-state index contributed by atoms with van der Waals surface area (Å²) in [6.07, 6.45) is 4.01. The second kappa shape index (κ2) is 7.13. The molecule has 0 amide bonds. The van der Waals surface area contributed by atoms with E-state index in [-0.39, 0.29) is 6.04 Å². The molecular formula is C17H18ClNO. The van der Waals surface area contributed by atoms with Crippen molar-refractivity contribution in [3.63, 3.8) is 0 Å². The number of benzene rings is 2. The molecule has 0 spiro atoms. The molecule has 0 aromatic heterocycles. The molecule has 3 heteroatoms. The summed E-state index contributed by atoms with van der Waals surface area (Å²) in [5.41, 5.74) is 8.00. The standard InChI is InChI=1S/C17H18ClNO/c1-13(19)16-12-15(18)9-10-17(16)20-11-5-8-14-6-3-2-4-7-14/h2-10,12-13H,11,19H2,1H3/t13-/m1/s1. The summed E-state index contributed by atoms with van der Waals surface area (Å²) in [5.74, 6) is 0.780. The summed E-state index contributed by atoms with van der Waals surface area (Å²) < 4.78 is 5.75. The Morgan fingerprint density at radius 1 is 1.20 bits per heavy atom. The highest BCUT2D eigenvalue weighted by Gasteiger charge is 2.08. The van der Waals surface area contributed by atoms with Crippen LogP contribution in [0.25, 0.3) is 6.08 Å². The molecule has 0 aliphatic rings. The van der Waals surface area contributed by atoms with Crippen molar-refractivity contribution in [2.45, 2.75) is 13.0 Å². The highest BCUT2D eigenvalue weighted by Crippen LogP contribution is 2.27. The van der Waals surface area contributed by atoms with Crippen molar-refractivity contribution in [2.24, 2.45) is 5.73 Å². The lowest BCUT2D eigenvalue weighted by Crippen LogP contribution is -2.08. The average Bonchev–Trinajstić information content (AvgIpc) is 2.45. The molecule has 0 radical (unpaired) electrons. The first-order valence-electron chi connectivity index (χ1n) is 6.56. The van der Waals surface area contributed by atoms with Gasteiger partial charge in [-0.3, -0.25) is 0 Å². The van der Waals surface area contributed by atoms with Gasteiger partial charge in [-0.15, -0.1) is 0 Å². The number of rotatable bonds is 5. The summed E-state index contributed by atoms with van der Waals surface area (Å²) in [7, 11) is 0. The van der Waals surface area contributed by atoms with Crippen LogP contribution in [0.2, 0.25) is 5.02 Å². The first-order valence-corrected chi connectivity index (χ1v) is 6.94. The number of nitrogens with two attached hydrogens (primary N) is 1. The van der Waals surface area contributed by atoms with Gasteiger partial charge in [-0.25, -0.2) is 0 Å². The van der Waals surface area contributed by atoms with E-state index in [0.29, 0.717) is 11.6 Å². The monoisotopic (exact) mass is 287 g/mol. The van der Waals surface area contributed by atoms with E-state index < -0.39 is 0 Å². The Hall–Kier alpha value is -1.77. The molecule has 0 saturated carbocycles. The van der Waals surface area contributed by atoms with Gasteiger partial charge in [-0.2, -0.15) is 0 Å². The molecule has 0 fully saturated rings. The predicted octanol–water partition coefficient (Wildman–Crippen LogP) is 4.45. The van der Waals surface area contributed by atoms with Crippen LogP contribution in [0.3, 0.4) is 0 Å². The maximum Gasteiger partial charge on any atom is 0.124 e. The maximum absolute atomic E-state index is 5.98. The fraction of sp³-hybridized carbons (Fsp3) is 0.176. The van der Waals surface area contributed by atoms with E-state index in [2.05, 4.69) is 0 Å². The lowest BCUT2D eigenvalue weighted by molar-refractivity contribution is 0.357. The van der Waals surface area contributed by atoms with Gasteiger partial charge in [0, 0.05) is 16.6 Å². The average molecular weight is 288 g/mol. The van der Waals surface area contributed by atoms with Crippen LogP contribution in [0.4, 0.5) is 0 Å². The molecule has 2 aromatic carbocycles. The second-order valence-electron chi connectivity index (χ2n) is 4.59. The Balaban J connectivity index is 1.99. The first-order chi connectivity index (χ1) is 9.66. The second-order valence-corrected chi connectivity index (χ2v) is 5.03. The quantitative estimate of drug-likeness (QED) is 0.881. The van der Waals surface area contributed by atoms with Gasteiger partial charge >= 0.3 is 0 Å². The summed E-state index contributed by atoms with van der Waals surface area (Å²) in [4.78, 5) is 0. The SMILES string of the molecule is C[C@@H](N)c1cc(Cl)ccc1OCC=Cc1ccccc1. The third kappa shape index (κ3) is 4.12. The van der Waals surface area contributed by atoms with Crippen LogP contribution in [0.5, 0.6) is 5.75 Å². The Labute approximate surface area is 124 Å². The molecule has 2 aromatic rings. The maximum atomic E-state index is 5.98. The van der Waals surface area contributed by atoms with Crippen LogP contribution in [0.1, 0.15) is 24.1 Å². The molecule has 0 aliphatic heterocycles. The van der Waals surface area contributed by atoms with Gasteiger partial charge in [-0.1, -0.05) is 48.0 Å². The van der Waals surface area contributed by atoms with Gasteiger partial charge in [-0.05, 0) is 36.8 Å². The van der Waals surface area contributed by atoms with Crippen molar-refractivity contribution in [3.05, 3.63) is 70.8 Å². The molecule has 20 heavy (non-hydrogen) atoms. The normalized spacial score (nSPS) is 12.6. The van der Waals surface area contributed by atoms with Gasteiger partial charge < -0.3 is 10.5 Å². The molecule has 104 valence electrons. The lowest BCUT2D eigenvalue weighted by atomic mass is 10.1. The highest BCUT2D eigenvalue weighted by atomic mass is 35.5. The summed E-state index contributed by atoms with van der Waals surface area (Å²) in [5, 5.41) is 0.671. The summed E-state index contributed by atoms with van der Waals surface area (Å²) in [6.45, 7) is 2.41. The van der Waals surface area contributed by atoms with Crippen molar-refractivity contribution < 1.29 is 4.74 Å². The smallest absolute Gasteiger partial charge is 0.124 e. The number of halogens is 1. The van der Waals surface area contributed by atoms with Crippen molar-refractivity contribution in [3.8, 4) is 5.75 Å². The Morgan fingerprint density at radius 3 is 2.65 bits per heavy atom. The van der Waals surface area contributed by atoms with Crippen LogP contribution >= 0.6 is 11.6 Å². The third-order valence-electron chi connectivity index (χ3n) is 2.91. The van der Waals surface area contributed by atoms with Crippen LogP contribution < -0.4 is 10.5 Å². The van der Waals surface area contributed by atoms with Crippen LogP contribution in [0, 0.1) is 0 Å². The third-order valence-corrected chi connectivity index (χ3v) is 3.14. The van der Waals surface area contributed by atoms with Gasteiger partial charge in [0.05, 0.1) is 0 Å². The predicted molar refractivity (Wildman–Crippen MR) is 85.0 cm³/mol. The highest BCUT2D eigenvalue weighted by molar-refractivity contribution is 6.30. The van der Waals surface area contributed by atoms with E-state index in [1.165, 1.54) is 0 Å². The topological polar surface area (TPSA) is 35.2 Å². The molecule has 1 atom stereocenters. The Morgan fingerprint density at radius 2 is 1.95 bits per heavy atom. The van der Waals surface area contributed by atoms with E-state index in [1.54, 1.807) is 0 Å². The zero-order valence-corrected chi connectivity index (χ0v) is 12.2. The molecule has 2 rings (SSSR count). The van der Waals surface area contributed by atoms with E-state index in [1.807, 2.05) is 67.6 Å². The number of hydrogen-bond acceptors (Lipinski definition) is 2. The molecule has 0 bridgehead atoms. The van der Waals surface area contributed by atoms with Crippen LogP contribution in [0.15, 0.2) is 54.6 Å². The first kappa shape index (κ1) is 14.6. The zero-order chi connectivity index (χ0) is 14.4. The minimum absolute atomic E-state index is 0.109. The fourth-order valence-corrected chi connectivity index (χ4v) is 2.07. The molecule has 2 nitrogen and oxygen atoms in total. The molecule has 0 unspecified atom stereocenters. The van der Waals surface area contributed by atoms with Gasteiger partial charge in [0.15, 0.2) is 0 Å². The van der Waals surface area contributed by atoms with Crippen LogP contribution in [-0.4, -0.2) is 6.61 Å². The van der Waals surface area contributed by atoms with Gasteiger partial charge in [0.2, 0.25) is 0 Å². The summed E-state index contributed by atoms with van der Waals surface area (Å²) in [6, 6.07) is 15.5. The van der Waals surface area contributed by atoms with Crippen molar-refractivity contribution in [2.75, 3.05) is 6.61 Å². The van der Waals surface area contributed by atoms with Crippen molar-refractivity contribution in [1.29, 1.82) is 0 Å². The zero-order valence-electron chi connectivity index (χ0n) is 11.4.